The van der Waals surface area contributed by atoms with Gasteiger partial charge in [0.25, 0.3) is 0 Å². The molecule has 0 N–H and O–H groups in total. The van der Waals surface area contributed by atoms with Crippen molar-refractivity contribution in [3.8, 4) is 0 Å². The molecule has 0 saturated heterocycles. The molecule has 0 fully saturated rings. The van der Waals surface area contributed by atoms with E-state index in [9.17, 15) is 0 Å². The molecule has 1 aliphatic rings. The van der Waals surface area contributed by atoms with Gasteiger partial charge in [0.1, 0.15) is 0 Å². The molecule has 0 amide bonds. The van der Waals surface area contributed by atoms with Crippen molar-refractivity contribution in [2.45, 2.75) is 19.8 Å². The standard InChI is InChI=1S/C8H11N/c1-8-4-2-3-6-9-7-5-8/h4-7H,2-3H2,1H3/b7-5-,8-4-,9-6?. The van der Waals surface area contributed by atoms with Crippen LogP contribution in [-0.4, -0.2) is 6.21 Å². The minimum Gasteiger partial charge on any atom is -0.269 e. The minimum atomic E-state index is 1.07. The summed E-state index contributed by atoms with van der Waals surface area (Å²) >= 11 is 0. The fourth-order valence-corrected chi connectivity index (χ4v) is 0.750. The van der Waals surface area contributed by atoms with Gasteiger partial charge in [0, 0.05) is 12.4 Å². The van der Waals surface area contributed by atoms with Gasteiger partial charge in [-0.2, -0.15) is 0 Å². The molecule has 0 aromatic heterocycles. The number of nitrogens with zero attached hydrogens (tertiary/aromatic N) is 1. The van der Waals surface area contributed by atoms with E-state index in [2.05, 4.69) is 18.0 Å². The van der Waals surface area contributed by atoms with Crippen molar-refractivity contribution in [1.82, 2.24) is 0 Å². The number of rotatable bonds is 0. The second-order valence-corrected chi connectivity index (χ2v) is 2.17. The number of aliphatic imine (C=N–C) groups is 1. The SMILES string of the molecule is CC1=C/CCC=N/C=C\1. The molecule has 1 heteroatoms. The highest BCUT2D eigenvalue weighted by Crippen LogP contribution is 2.01. The Morgan fingerprint density at radius 1 is 1.44 bits per heavy atom. The van der Waals surface area contributed by atoms with Crippen LogP contribution in [0.3, 0.4) is 0 Å². The lowest BCUT2D eigenvalue weighted by atomic mass is 10.2. The summed E-state index contributed by atoms with van der Waals surface area (Å²) in [7, 11) is 0. The lowest BCUT2D eigenvalue weighted by molar-refractivity contribution is 1.09. The molecule has 9 heavy (non-hydrogen) atoms. The first kappa shape index (κ1) is 6.27. The number of hydrogen-bond donors (Lipinski definition) is 0. The van der Waals surface area contributed by atoms with Crippen LogP contribution in [0.2, 0.25) is 0 Å². The van der Waals surface area contributed by atoms with Crippen molar-refractivity contribution >= 4 is 6.21 Å². The van der Waals surface area contributed by atoms with Gasteiger partial charge in [0.05, 0.1) is 0 Å². The van der Waals surface area contributed by atoms with E-state index in [0.29, 0.717) is 0 Å². The van der Waals surface area contributed by atoms with Gasteiger partial charge in [-0.25, -0.2) is 0 Å². The second-order valence-electron chi connectivity index (χ2n) is 2.17. The summed E-state index contributed by atoms with van der Waals surface area (Å²) in [5.41, 5.74) is 1.31. The van der Waals surface area contributed by atoms with Crippen LogP contribution >= 0.6 is 0 Å². The highest BCUT2D eigenvalue weighted by atomic mass is 14.7. The van der Waals surface area contributed by atoms with Gasteiger partial charge in [0.2, 0.25) is 0 Å². The van der Waals surface area contributed by atoms with Crippen molar-refractivity contribution < 1.29 is 0 Å². The van der Waals surface area contributed by atoms with Crippen LogP contribution in [-0.2, 0) is 0 Å². The van der Waals surface area contributed by atoms with E-state index in [4.69, 9.17) is 0 Å². The molecule has 0 unspecified atom stereocenters. The third-order valence-electron chi connectivity index (χ3n) is 1.29. The largest absolute Gasteiger partial charge is 0.269 e. The Balaban J connectivity index is 2.64. The molecular weight excluding hydrogens is 110 g/mol. The van der Waals surface area contributed by atoms with Crippen LogP contribution in [0, 0.1) is 0 Å². The quantitative estimate of drug-likeness (QED) is 0.466. The monoisotopic (exact) mass is 121 g/mol. The van der Waals surface area contributed by atoms with Crippen LogP contribution in [0.4, 0.5) is 0 Å². The summed E-state index contributed by atoms with van der Waals surface area (Å²) in [4.78, 5) is 4.03. The fraction of sp³-hybridized carbons (Fsp3) is 0.375. The molecule has 0 aliphatic carbocycles. The summed E-state index contributed by atoms with van der Waals surface area (Å²) < 4.78 is 0. The van der Waals surface area contributed by atoms with Crippen molar-refractivity contribution in [1.29, 1.82) is 0 Å². The minimum absolute atomic E-state index is 1.07. The molecule has 0 aromatic carbocycles. The van der Waals surface area contributed by atoms with E-state index >= 15 is 0 Å². The van der Waals surface area contributed by atoms with Crippen molar-refractivity contribution in [3.05, 3.63) is 23.9 Å². The molecule has 0 atom stereocenters. The Kier molecular flexibility index (Phi) is 2.25. The molecule has 1 rings (SSSR count). The normalized spacial score (nSPS) is 27.9. The summed E-state index contributed by atoms with van der Waals surface area (Å²) in [6.07, 6.45) is 10.2. The summed E-state index contributed by atoms with van der Waals surface area (Å²) in [6.45, 7) is 2.09. The van der Waals surface area contributed by atoms with Crippen LogP contribution < -0.4 is 0 Å². The first-order chi connectivity index (χ1) is 4.39. The van der Waals surface area contributed by atoms with Gasteiger partial charge in [-0.05, 0) is 25.8 Å². The van der Waals surface area contributed by atoms with E-state index in [1.807, 2.05) is 18.5 Å². The molecule has 0 saturated carbocycles. The average Bonchev–Trinajstić information content (AvgIpc) is 1.79. The average molecular weight is 121 g/mol. The van der Waals surface area contributed by atoms with Gasteiger partial charge in [-0.15, -0.1) is 0 Å². The summed E-state index contributed by atoms with van der Waals surface area (Å²) in [5, 5.41) is 0. The second kappa shape index (κ2) is 3.23. The lowest BCUT2D eigenvalue weighted by Crippen LogP contribution is -1.77. The topological polar surface area (TPSA) is 12.4 Å². The van der Waals surface area contributed by atoms with Crippen LogP contribution in [0.15, 0.2) is 28.9 Å². The lowest BCUT2D eigenvalue weighted by Gasteiger charge is -1.93. The molecule has 0 radical (unpaired) electrons. The van der Waals surface area contributed by atoms with Crippen molar-refractivity contribution in [2.75, 3.05) is 0 Å². The smallest absolute Gasteiger partial charge is 0.0266 e. The van der Waals surface area contributed by atoms with E-state index in [-0.39, 0.29) is 0 Å². The predicted octanol–water partition coefficient (Wildman–Crippen LogP) is 2.31. The summed E-state index contributed by atoms with van der Waals surface area (Å²) in [5.74, 6) is 0. The van der Waals surface area contributed by atoms with Gasteiger partial charge >= 0.3 is 0 Å². The maximum absolute atomic E-state index is 4.03. The van der Waals surface area contributed by atoms with E-state index in [0.717, 1.165) is 12.8 Å². The Hall–Kier alpha value is -0.850. The van der Waals surface area contributed by atoms with Gasteiger partial charge in [-0.3, -0.25) is 4.99 Å². The maximum atomic E-state index is 4.03. The molecule has 0 spiro atoms. The number of hydrogen-bond acceptors (Lipinski definition) is 1. The van der Waals surface area contributed by atoms with Crippen LogP contribution in [0.5, 0.6) is 0 Å². The van der Waals surface area contributed by atoms with E-state index < -0.39 is 0 Å². The molecule has 0 aromatic rings. The molecular formula is C8H11N. The molecule has 1 nitrogen and oxygen atoms in total. The molecule has 1 heterocycles. The first-order valence-corrected chi connectivity index (χ1v) is 3.24. The zero-order chi connectivity index (χ0) is 6.53. The molecule has 1 aliphatic heterocycles. The van der Waals surface area contributed by atoms with E-state index in [1.165, 1.54) is 5.57 Å². The Morgan fingerprint density at radius 2 is 2.33 bits per heavy atom. The van der Waals surface area contributed by atoms with Crippen molar-refractivity contribution in [2.24, 2.45) is 4.99 Å². The van der Waals surface area contributed by atoms with Gasteiger partial charge < -0.3 is 0 Å². The predicted molar refractivity (Wildman–Crippen MR) is 40.6 cm³/mol. The molecule has 0 bridgehead atoms. The zero-order valence-corrected chi connectivity index (χ0v) is 5.67. The van der Waals surface area contributed by atoms with E-state index in [1.54, 1.807) is 0 Å². The number of allylic oxidation sites excluding steroid dienone is 3. The summed E-state index contributed by atoms with van der Waals surface area (Å²) in [6, 6.07) is 0. The fourth-order valence-electron chi connectivity index (χ4n) is 0.750. The zero-order valence-electron chi connectivity index (χ0n) is 5.67. The third kappa shape index (κ3) is 2.27. The third-order valence-corrected chi connectivity index (χ3v) is 1.29. The van der Waals surface area contributed by atoms with Gasteiger partial charge in [0.15, 0.2) is 0 Å². The highest BCUT2D eigenvalue weighted by Gasteiger charge is 1.84. The Bertz CT molecular complexity index is 163. The van der Waals surface area contributed by atoms with Crippen molar-refractivity contribution in [3.63, 3.8) is 0 Å². The molecule has 48 valence electrons. The first-order valence-electron chi connectivity index (χ1n) is 3.24. The van der Waals surface area contributed by atoms with Crippen LogP contribution in [0.25, 0.3) is 0 Å². The van der Waals surface area contributed by atoms with Crippen LogP contribution in [0.1, 0.15) is 19.8 Å². The Labute approximate surface area is 55.8 Å². The maximum Gasteiger partial charge on any atom is 0.0266 e. The Morgan fingerprint density at radius 3 is 3.22 bits per heavy atom. The highest BCUT2D eigenvalue weighted by molar-refractivity contribution is 5.58. The van der Waals surface area contributed by atoms with Gasteiger partial charge in [-0.1, -0.05) is 11.6 Å².